The van der Waals surface area contributed by atoms with E-state index >= 15 is 4.39 Å². The van der Waals surface area contributed by atoms with E-state index in [9.17, 15) is 22.7 Å². The minimum atomic E-state index is -5.00. The molecule has 15 heteroatoms. The Balaban J connectivity index is 1.54. The lowest BCUT2D eigenvalue weighted by molar-refractivity contribution is -0.137. The number of ether oxygens (including phenoxy) is 2. The molecule has 43 heavy (non-hydrogen) atoms. The first-order chi connectivity index (χ1) is 20.3. The van der Waals surface area contributed by atoms with Crippen LogP contribution in [0.25, 0.3) is 32.2 Å². The number of aliphatic hydroxyl groups is 1. The van der Waals surface area contributed by atoms with E-state index in [-0.39, 0.29) is 62.9 Å². The van der Waals surface area contributed by atoms with Crippen molar-refractivity contribution in [3.8, 4) is 17.1 Å². The van der Waals surface area contributed by atoms with Gasteiger partial charge in [0.25, 0.3) is 0 Å². The number of nitrogens with zero attached hydrogens (tertiary/aromatic N) is 5. The molecule has 3 N–H and O–H groups in total. The highest BCUT2D eigenvalue weighted by molar-refractivity contribution is 7.22. The molecule has 1 saturated carbocycles. The van der Waals surface area contributed by atoms with Crippen molar-refractivity contribution < 1.29 is 36.5 Å². The van der Waals surface area contributed by atoms with Crippen molar-refractivity contribution in [2.45, 2.75) is 49.7 Å². The Bertz CT molecular complexity index is 1700. The van der Waals surface area contributed by atoms with E-state index in [2.05, 4.69) is 15.0 Å². The Morgan fingerprint density at radius 1 is 1.14 bits per heavy atom. The Kier molecular flexibility index (Phi) is 7.55. The average Bonchev–Trinajstić information content (AvgIpc) is 3.51. The van der Waals surface area contributed by atoms with Gasteiger partial charge in [0.05, 0.1) is 28.0 Å². The zero-order valence-corrected chi connectivity index (χ0v) is 24.3. The summed E-state index contributed by atoms with van der Waals surface area (Å²) in [6.45, 7) is 0.825. The molecule has 1 saturated heterocycles. The zero-order chi connectivity index (χ0) is 30.8. The van der Waals surface area contributed by atoms with Crippen LogP contribution in [0.15, 0.2) is 18.2 Å². The van der Waals surface area contributed by atoms with Gasteiger partial charge in [-0.1, -0.05) is 11.3 Å². The van der Waals surface area contributed by atoms with Gasteiger partial charge in [0.15, 0.2) is 10.9 Å². The number of halogens is 5. The summed E-state index contributed by atoms with van der Waals surface area (Å²) >= 11 is 0.754. The summed E-state index contributed by atoms with van der Waals surface area (Å²) in [4.78, 5) is 16.4. The van der Waals surface area contributed by atoms with Gasteiger partial charge in [-0.2, -0.15) is 23.1 Å². The molecule has 2 fully saturated rings. The maximum atomic E-state index is 16.6. The number of anilines is 2. The summed E-state index contributed by atoms with van der Waals surface area (Å²) in [7, 11) is 5.16. The Morgan fingerprint density at radius 3 is 2.53 bits per heavy atom. The maximum absolute atomic E-state index is 16.6. The van der Waals surface area contributed by atoms with E-state index in [1.165, 1.54) is 0 Å². The molecule has 230 valence electrons. The number of methoxy groups -OCH3 is 1. The van der Waals surface area contributed by atoms with Crippen LogP contribution in [0.3, 0.4) is 0 Å². The predicted molar refractivity (Wildman–Crippen MR) is 152 cm³/mol. The second kappa shape index (κ2) is 10.9. The van der Waals surface area contributed by atoms with Gasteiger partial charge in [-0.15, -0.1) is 0 Å². The van der Waals surface area contributed by atoms with Crippen LogP contribution in [0.2, 0.25) is 0 Å². The van der Waals surface area contributed by atoms with E-state index < -0.39 is 40.6 Å². The number of nitrogens with two attached hydrogens (primary N) is 1. The number of benzene rings is 2. The third kappa shape index (κ3) is 5.32. The third-order valence-electron chi connectivity index (χ3n) is 8.34. The average molecular weight is 625 g/mol. The van der Waals surface area contributed by atoms with Crippen LogP contribution in [0, 0.1) is 11.6 Å². The molecule has 1 aliphatic heterocycles. The molecule has 2 aromatic heterocycles. The standard InChI is InChI=1S/C28H29F5N6O3S/c1-38-10-15(41-3)8-13(38)11-42-27-36-22-17(25(37-27)39(2)12-6-14(40)7-12)9-18(28(31,32)33)20(21(22)30)16-4-5-19(29)24-23(16)35-26(34)43-24/h4-5,9,12-15,40H,6-8,10-11H2,1-3H3,(H2,34,35). The summed E-state index contributed by atoms with van der Waals surface area (Å²) in [6, 6.07) is 2.31. The summed E-state index contributed by atoms with van der Waals surface area (Å²) in [5.74, 6) is -1.98. The van der Waals surface area contributed by atoms with Gasteiger partial charge in [0, 0.05) is 49.3 Å². The smallest absolute Gasteiger partial charge is 0.417 e. The summed E-state index contributed by atoms with van der Waals surface area (Å²) in [6.07, 6.45) is -4.13. The minimum Gasteiger partial charge on any atom is -0.462 e. The lowest BCUT2D eigenvalue weighted by Gasteiger charge is -2.39. The van der Waals surface area contributed by atoms with Gasteiger partial charge in [0.2, 0.25) is 0 Å². The second-order valence-electron chi connectivity index (χ2n) is 11.0. The molecule has 2 atom stereocenters. The topological polar surface area (TPSA) is 110 Å². The van der Waals surface area contributed by atoms with E-state index in [1.54, 1.807) is 19.1 Å². The van der Waals surface area contributed by atoms with E-state index in [1.807, 2.05) is 11.9 Å². The quantitative estimate of drug-likeness (QED) is 0.279. The van der Waals surface area contributed by atoms with E-state index in [0.717, 1.165) is 29.5 Å². The number of rotatable bonds is 7. The fraction of sp³-hybridized carbons (Fsp3) is 0.464. The largest absolute Gasteiger partial charge is 0.462 e. The van der Waals surface area contributed by atoms with Crippen molar-refractivity contribution in [3.05, 3.63) is 35.4 Å². The highest BCUT2D eigenvalue weighted by Crippen LogP contribution is 2.46. The molecule has 0 amide bonds. The molecule has 2 aromatic carbocycles. The van der Waals surface area contributed by atoms with Crippen molar-refractivity contribution in [1.29, 1.82) is 0 Å². The normalized spacial score (nSPS) is 22.8. The Hall–Kier alpha value is -3.40. The van der Waals surface area contributed by atoms with Crippen molar-refractivity contribution in [1.82, 2.24) is 19.9 Å². The van der Waals surface area contributed by atoms with Crippen LogP contribution in [0.5, 0.6) is 6.01 Å². The van der Waals surface area contributed by atoms with Crippen LogP contribution in [-0.4, -0.2) is 83.6 Å². The van der Waals surface area contributed by atoms with Gasteiger partial charge in [0.1, 0.15) is 23.8 Å². The van der Waals surface area contributed by atoms with Crippen molar-refractivity contribution in [2.75, 3.05) is 45.0 Å². The molecule has 4 aromatic rings. The molecule has 6 rings (SSSR count). The maximum Gasteiger partial charge on any atom is 0.417 e. The summed E-state index contributed by atoms with van der Waals surface area (Å²) in [5.41, 5.74) is 2.78. The second-order valence-corrected chi connectivity index (χ2v) is 12.1. The number of fused-ring (bicyclic) bond motifs is 2. The molecule has 0 bridgehead atoms. The number of aliphatic hydroxyl groups excluding tert-OH is 1. The lowest BCUT2D eigenvalue weighted by atomic mass is 9.88. The van der Waals surface area contributed by atoms with Crippen LogP contribution >= 0.6 is 11.3 Å². The first kappa shape index (κ1) is 29.7. The lowest BCUT2D eigenvalue weighted by Crippen LogP contribution is -2.45. The Labute approximate surface area is 247 Å². The molecule has 2 aliphatic rings. The van der Waals surface area contributed by atoms with Gasteiger partial charge < -0.3 is 25.2 Å². The molecule has 2 unspecified atom stereocenters. The highest BCUT2D eigenvalue weighted by atomic mass is 32.1. The fourth-order valence-electron chi connectivity index (χ4n) is 5.82. The van der Waals surface area contributed by atoms with Crippen molar-refractivity contribution >= 4 is 43.4 Å². The van der Waals surface area contributed by atoms with Crippen LogP contribution in [0.1, 0.15) is 24.8 Å². The first-order valence-electron chi connectivity index (χ1n) is 13.6. The third-order valence-corrected chi connectivity index (χ3v) is 9.23. The van der Waals surface area contributed by atoms with Gasteiger partial charge >= 0.3 is 12.2 Å². The van der Waals surface area contributed by atoms with Gasteiger partial charge in [-0.3, -0.25) is 4.90 Å². The number of likely N-dealkylation sites (tertiary alicyclic amines) is 1. The van der Waals surface area contributed by atoms with Crippen molar-refractivity contribution in [3.63, 3.8) is 0 Å². The summed E-state index contributed by atoms with van der Waals surface area (Å²) in [5, 5.41) is 9.61. The van der Waals surface area contributed by atoms with Crippen LogP contribution < -0.4 is 15.4 Å². The molecule has 0 spiro atoms. The van der Waals surface area contributed by atoms with Crippen LogP contribution in [-0.2, 0) is 10.9 Å². The predicted octanol–water partition coefficient (Wildman–Crippen LogP) is 4.84. The number of aromatic nitrogens is 3. The number of hydrogen-bond donors (Lipinski definition) is 2. The molecule has 1 aliphatic carbocycles. The Morgan fingerprint density at radius 2 is 1.88 bits per heavy atom. The molecule has 0 radical (unpaired) electrons. The fourth-order valence-corrected chi connectivity index (χ4v) is 6.58. The zero-order valence-electron chi connectivity index (χ0n) is 23.5. The number of hydrogen-bond acceptors (Lipinski definition) is 10. The summed E-state index contributed by atoms with van der Waals surface area (Å²) < 4.78 is 86.2. The van der Waals surface area contributed by atoms with E-state index in [0.29, 0.717) is 25.8 Å². The van der Waals surface area contributed by atoms with E-state index in [4.69, 9.17) is 15.2 Å². The number of nitrogen functional groups attached to an aromatic ring is 1. The molecular weight excluding hydrogens is 595 g/mol. The highest BCUT2D eigenvalue weighted by Gasteiger charge is 2.39. The number of thiazole rings is 1. The molecular formula is C28H29F5N6O3S. The number of likely N-dealkylation sites (N-methyl/N-ethyl adjacent to an activating group) is 1. The molecule has 9 nitrogen and oxygen atoms in total. The monoisotopic (exact) mass is 624 g/mol. The van der Waals surface area contributed by atoms with Gasteiger partial charge in [-0.25, -0.2) is 13.8 Å². The SMILES string of the molecule is COC1CC(COc2nc(N(C)C3CC(O)C3)c3cc(C(F)(F)F)c(-c4ccc(F)c5sc(N)nc45)c(F)c3n2)N(C)C1. The number of alkyl halides is 3. The van der Waals surface area contributed by atoms with Gasteiger partial charge in [-0.05, 0) is 44.5 Å². The molecule has 3 heterocycles. The first-order valence-corrected chi connectivity index (χ1v) is 14.4. The van der Waals surface area contributed by atoms with Crippen molar-refractivity contribution in [2.24, 2.45) is 0 Å². The van der Waals surface area contributed by atoms with Crippen LogP contribution in [0.4, 0.5) is 32.9 Å². The minimum absolute atomic E-state index is 0.0101.